The highest BCUT2D eigenvalue weighted by molar-refractivity contribution is 5.94. The van der Waals surface area contributed by atoms with Crippen LogP contribution in [0.25, 0.3) is 0 Å². The molecule has 0 aliphatic rings. The maximum atomic E-state index is 13.9. The lowest BCUT2D eigenvalue weighted by atomic mass is 9.84. The molecule has 0 aliphatic heterocycles. The summed E-state index contributed by atoms with van der Waals surface area (Å²) in [5.41, 5.74) is -3.67. The zero-order valence-corrected chi connectivity index (χ0v) is 14.5. The van der Waals surface area contributed by atoms with Gasteiger partial charge in [-0.05, 0) is 19.4 Å². The fourth-order valence-corrected chi connectivity index (χ4v) is 2.31. The van der Waals surface area contributed by atoms with Crippen molar-refractivity contribution in [1.29, 1.82) is 0 Å². The van der Waals surface area contributed by atoms with Crippen molar-refractivity contribution in [3.63, 3.8) is 0 Å². The number of ketones is 1. The van der Waals surface area contributed by atoms with Gasteiger partial charge in [0.25, 0.3) is 0 Å². The highest BCUT2D eigenvalue weighted by atomic mass is 19.4. The van der Waals surface area contributed by atoms with Gasteiger partial charge >= 0.3 is 29.9 Å². The second-order valence-electron chi connectivity index (χ2n) is 6.51. The predicted octanol–water partition coefficient (Wildman–Crippen LogP) is 5.59. The number of halogens is 11. The Morgan fingerprint density at radius 1 is 0.793 bits per heavy atom. The molecule has 13 heteroatoms. The zero-order valence-electron chi connectivity index (χ0n) is 14.5. The Kier molecular flexibility index (Phi) is 6.15. The first-order valence-electron chi connectivity index (χ1n) is 7.54. The van der Waals surface area contributed by atoms with E-state index in [9.17, 15) is 58.2 Å². The molecule has 1 atom stereocenters. The molecule has 1 rings (SSSR count). The Morgan fingerprint density at radius 3 is 1.55 bits per heavy atom. The van der Waals surface area contributed by atoms with Gasteiger partial charge in [-0.25, -0.2) is 0 Å². The third-order valence-corrected chi connectivity index (χ3v) is 4.08. The summed E-state index contributed by atoms with van der Waals surface area (Å²) >= 11 is 0. The van der Waals surface area contributed by atoms with E-state index in [2.05, 4.69) is 0 Å². The molecule has 0 aliphatic carbocycles. The van der Waals surface area contributed by atoms with Crippen molar-refractivity contribution >= 4 is 5.78 Å². The lowest BCUT2D eigenvalue weighted by Gasteiger charge is -2.39. The zero-order chi connectivity index (χ0) is 23.3. The Hall–Kier alpha value is -1.92. The second kappa shape index (κ2) is 7.10. The molecule has 1 aromatic carbocycles. The smallest absolute Gasteiger partial charge is 0.385 e. The second-order valence-corrected chi connectivity index (χ2v) is 6.51. The normalized spacial score (nSPS) is 16.5. The number of carbonyl (C=O) groups excluding carboxylic acids is 1. The van der Waals surface area contributed by atoms with Crippen LogP contribution >= 0.6 is 0 Å². The molecule has 0 saturated heterocycles. The van der Waals surface area contributed by atoms with Crippen molar-refractivity contribution in [3.05, 3.63) is 35.4 Å². The van der Waals surface area contributed by atoms with Crippen molar-refractivity contribution in [2.75, 3.05) is 0 Å². The quantitative estimate of drug-likeness (QED) is 0.438. The fraction of sp³-hybridized carbons (Fsp3) is 0.562. The topological polar surface area (TPSA) is 37.3 Å². The van der Waals surface area contributed by atoms with Gasteiger partial charge in [0.05, 0.1) is 12.0 Å². The van der Waals surface area contributed by atoms with E-state index in [0.717, 1.165) is 31.2 Å². The van der Waals surface area contributed by atoms with Crippen molar-refractivity contribution in [2.24, 2.45) is 0 Å². The molecule has 0 amide bonds. The van der Waals surface area contributed by atoms with E-state index in [1.54, 1.807) is 0 Å². The van der Waals surface area contributed by atoms with E-state index < -0.39 is 53.2 Å². The van der Waals surface area contributed by atoms with Crippen LogP contribution < -0.4 is 0 Å². The first kappa shape index (κ1) is 25.1. The van der Waals surface area contributed by atoms with Gasteiger partial charge in [0.1, 0.15) is 0 Å². The Balaban J connectivity index is 3.33. The van der Waals surface area contributed by atoms with E-state index in [1.165, 1.54) is 0 Å². The number of hydrogen-bond acceptors (Lipinski definition) is 2. The van der Waals surface area contributed by atoms with Crippen LogP contribution in [0.5, 0.6) is 0 Å². The van der Waals surface area contributed by atoms with Gasteiger partial charge in [-0.1, -0.05) is 24.3 Å². The molecule has 0 heterocycles. The number of benzene rings is 1. The van der Waals surface area contributed by atoms with Crippen molar-refractivity contribution in [1.82, 2.24) is 0 Å². The number of hydrogen-bond donors (Lipinski definition) is 1. The van der Waals surface area contributed by atoms with Crippen molar-refractivity contribution in [3.8, 4) is 0 Å². The molecule has 1 N–H and O–H groups in total. The fourth-order valence-electron chi connectivity index (χ4n) is 2.31. The van der Waals surface area contributed by atoms with E-state index in [-0.39, 0.29) is 5.56 Å². The van der Waals surface area contributed by atoms with Crippen LogP contribution in [0.3, 0.4) is 0 Å². The number of Topliss-reactive ketones (excluding diaryl/α,β-unsaturated/α-hetero) is 1. The summed E-state index contributed by atoms with van der Waals surface area (Å²) in [5.74, 6) is -28.9. The van der Waals surface area contributed by atoms with Gasteiger partial charge < -0.3 is 5.11 Å². The molecule has 1 aromatic rings. The van der Waals surface area contributed by atoms with Gasteiger partial charge in [-0.3, -0.25) is 4.79 Å². The average Bonchev–Trinajstić information content (AvgIpc) is 2.52. The molecule has 0 saturated carbocycles. The average molecular weight is 446 g/mol. The van der Waals surface area contributed by atoms with Gasteiger partial charge in [0.2, 0.25) is 0 Å². The standard InChI is InChI=1S/C16H13F11O2/c1-8(28)9-3-5-10(6-4-9)11(2,29)7-12(17,18)13(19,20)14(21,22)15(23,24)16(25,26)27/h3-6,29H,7H2,1-2H3. The minimum absolute atomic E-state index is 0.00186. The SMILES string of the molecule is CC(=O)c1ccc(C(C)(O)CC(F)(F)C(F)(F)C(F)(F)C(F)(F)C(F)(F)F)cc1. The van der Waals surface area contributed by atoms with Crippen molar-refractivity contribution < 1.29 is 58.2 Å². The molecular formula is C16H13F11O2. The summed E-state index contributed by atoms with van der Waals surface area (Å²) in [7, 11) is 0. The molecule has 0 spiro atoms. The van der Waals surface area contributed by atoms with Crippen LogP contribution in [-0.2, 0) is 5.60 Å². The van der Waals surface area contributed by atoms with Crippen LogP contribution in [0.2, 0.25) is 0 Å². The number of aliphatic hydroxyl groups is 1. The third kappa shape index (κ3) is 4.19. The van der Waals surface area contributed by atoms with Crippen LogP contribution in [0.15, 0.2) is 24.3 Å². The minimum Gasteiger partial charge on any atom is -0.385 e. The van der Waals surface area contributed by atoms with Crippen molar-refractivity contribution in [2.45, 2.75) is 55.7 Å². The number of rotatable bonds is 7. The maximum Gasteiger partial charge on any atom is 0.460 e. The van der Waals surface area contributed by atoms with Crippen LogP contribution in [0.1, 0.15) is 36.2 Å². The summed E-state index contributed by atoms with van der Waals surface area (Å²) in [4.78, 5) is 11.1. The maximum absolute atomic E-state index is 13.9. The van der Waals surface area contributed by atoms with Crippen LogP contribution in [-0.4, -0.2) is 40.8 Å². The van der Waals surface area contributed by atoms with E-state index in [1.807, 2.05) is 0 Å². The Bertz CT molecular complexity index is 749. The summed E-state index contributed by atoms with van der Waals surface area (Å²) in [6.45, 7) is 1.53. The number of alkyl halides is 11. The molecular weight excluding hydrogens is 433 g/mol. The molecule has 29 heavy (non-hydrogen) atoms. The predicted molar refractivity (Wildman–Crippen MR) is 76.5 cm³/mol. The molecule has 0 fully saturated rings. The summed E-state index contributed by atoms with van der Waals surface area (Å²) < 4.78 is 143. The van der Waals surface area contributed by atoms with E-state index in [0.29, 0.717) is 6.92 Å². The monoisotopic (exact) mass is 446 g/mol. The highest BCUT2D eigenvalue weighted by Crippen LogP contribution is 2.58. The minimum atomic E-state index is -7.53. The van der Waals surface area contributed by atoms with E-state index in [4.69, 9.17) is 0 Å². The highest BCUT2D eigenvalue weighted by Gasteiger charge is 2.87. The molecule has 1 unspecified atom stereocenters. The molecule has 0 aromatic heterocycles. The lowest BCUT2D eigenvalue weighted by Crippen LogP contribution is -2.67. The summed E-state index contributed by atoms with van der Waals surface area (Å²) in [5, 5.41) is 9.99. The van der Waals surface area contributed by atoms with E-state index >= 15 is 0 Å². The molecule has 0 bridgehead atoms. The molecule has 166 valence electrons. The van der Waals surface area contributed by atoms with Gasteiger partial charge in [0.15, 0.2) is 5.78 Å². The third-order valence-electron chi connectivity index (χ3n) is 4.08. The Labute approximate surface area is 156 Å². The summed E-state index contributed by atoms with van der Waals surface area (Å²) in [6.07, 6.45) is -9.88. The van der Waals surface area contributed by atoms with Crippen LogP contribution in [0.4, 0.5) is 48.3 Å². The molecule has 0 radical (unpaired) electrons. The largest absolute Gasteiger partial charge is 0.460 e. The Morgan fingerprint density at radius 2 is 1.21 bits per heavy atom. The van der Waals surface area contributed by atoms with Gasteiger partial charge in [-0.15, -0.1) is 0 Å². The first-order chi connectivity index (χ1) is 12.6. The molecule has 2 nitrogen and oxygen atoms in total. The van der Waals surface area contributed by atoms with Crippen LogP contribution in [0, 0.1) is 0 Å². The lowest BCUT2D eigenvalue weighted by molar-refractivity contribution is -0.424. The summed E-state index contributed by atoms with van der Waals surface area (Å²) in [6, 6.07) is 3.53. The first-order valence-corrected chi connectivity index (χ1v) is 7.54. The number of carbonyl (C=O) groups is 1. The van der Waals surface area contributed by atoms with Gasteiger partial charge in [-0.2, -0.15) is 48.3 Å². The van der Waals surface area contributed by atoms with Gasteiger partial charge in [0, 0.05) is 5.56 Å².